The van der Waals surface area contributed by atoms with Gasteiger partial charge in [-0.05, 0) is 25.1 Å². The van der Waals surface area contributed by atoms with Gasteiger partial charge < -0.3 is 14.5 Å². The van der Waals surface area contributed by atoms with E-state index in [-0.39, 0.29) is 0 Å². The third-order valence-electron chi connectivity index (χ3n) is 4.36. The van der Waals surface area contributed by atoms with Crippen molar-refractivity contribution in [2.75, 3.05) is 12.4 Å². The fourth-order valence-electron chi connectivity index (χ4n) is 3.16. The molecule has 30 heavy (non-hydrogen) atoms. The number of oxazole rings is 1. The summed E-state index contributed by atoms with van der Waals surface area (Å²) in [5, 5.41) is 7.26. The normalized spacial score (nSPS) is 11.8. The largest absolute Gasteiger partial charge is 0.496 e. The topological polar surface area (TPSA) is 78.0 Å². The molecule has 0 amide bonds. The first-order valence-electron chi connectivity index (χ1n) is 9.01. The van der Waals surface area contributed by atoms with Crippen molar-refractivity contribution in [3.63, 3.8) is 0 Å². The number of rotatable bonds is 5. The van der Waals surface area contributed by atoms with Crippen LogP contribution in [0.5, 0.6) is 5.75 Å². The number of anilines is 2. The van der Waals surface area contributed by atoms with Crippen LogP contribution in [0.1, 0.15) is 11.6 Å². The maximum atomic E-state index is 12.7. The second-order valence-corrected chi connectivity index (χ2v) is 6.77. The molecule has 0 aliphatic rings. The quantitative estimate of drug-likeness (QED) is 0.491. The fraction of sp³-hybridized carbons (Fsp3) is 0.250. The van der Waals surface area contributed by atoms with Crippen LogP contribution in [-0.2, 0) is 6.54 Å². The molecule has 3 aromatic heterocycles. The minimum Gasteiger partial charge on any atom is -0.496 e. The minimum absolute atomic E-state index is 0.346. The van der Waals surface area contributed by atoms with Gasteiger partial charge in [-0.3, -0.25) is 4.68 Å². The van der Waals surface area contributed by atoms with Gasteiger partial charge in [0.15, 0.2) is 11.7 Å². The number of alkyl halides is 3. The molecule has 0 spiro atoms. The van der Waals surface area contributed by atoms with Crippen LogP contribution < -0.4 is 10.1 Å². The number of pyridine rings is 1. The van der Waals surface area contributed by atoms with E-state index in [1.165, 1.54) is 6.20 Å². The highest BCUT2D eigenvalue weighted by Gasteiger charge is 2.29. The summed E-state index contributed by atoms with van der Waals surface area (Å²) in [6.07, 6.45) is -1.47. The van der Waals surface area contributed by atoms with E-state index in [2.05, 4.69) is 20.4 Å². The first-order valence-corrected chi connectivity index (χ1v) is 9.01. The summed E-state index contributed by atoms with van der Waals surface area (Å²) in [6, 6.07) is 7.12. The first kappa shape index (κ1) is 19.7. The second kappa shape index (κ2) is 7.36. The lowest BCUT2D eigenvalue weighted by molar-refractivity contribution is -0.142. The molecule has 0 aliphatic carbocycles. The van der Waals surface area contributed by atoms with Gasteiger partial charge in [-0.25, -0.2) is 9.97 Å². The minimum atomic E-state index is -4.37. The highest BCUT2D eigenvalue weighted by atomic mass is 19.4. The van der Waals surface area contributed by atoms with Crippen LogP contribution in [0.25, 0.3) is 22.4 Å². The number of hydrogen-bond donors (Lipinski definition) is 1. The van der Waals surface area contributed by atoms with Crippen molar-refractivity contribution in [1.29, 1.82) is 0 Å². The fourth-order valence-corrected chi connectivity index (χ4v) is 3.16. The van der Waals surface area contributed by atoms with Crippen molar-refractivity contribution in [2.24, 2.45) is 0 Å². The summed E-state index contributed by atoms with van der Waals surface area (Å²) >= 11 is 0. The summed E-state index contributed by atoms with van der Waals surface area (Å²) in [5.74, 6) is 1.67. The van der Waals surface area contributed by atoms with Gasteiger partial charge in [0.05, 0.1) is 30.8 Å². The molecule has 7 nitrogen and oxygen atoms in total. The van der Waals surface area contributed by atoms with Gasteiger partial charge in [0.25, 0.3) is 0 Å². The molecule has 156 valence electrons. The Morgan fingerprint density at radius 1 is 1.20 bits per heavy atom. The number of aromatic nitrogens is 4. The first-order chi connectivity index (χ1) is 14.2. The molecule has 4 rings (SSSR count). The third-order valence-corrected chi connectivity index (χ3v) is 4.36. The zero-order valence-corrected chi connectivity index (χ0v) is 16.4. The molecular weight excluding hydrogens is 399 g/mol. The van der Waals surface area contributed by atoms with Gasteiger partial charge in [-0.2, -0.15) is 18.3 Å². The lowest BCUT2D eigenvalue weighted by Gasteiger charge is -2.12. The van der Waals surface area contributed by atoms with Gasteiger partial charge in [0.2, 0.25) is 0 Å². The molecule has 0 fully saturated rings. The standard InChI is InChI=1S/C20H18F3N5O2/c1-11-6-15(19-16(25-11)9-28(27-19)10-20(21,22)23)26-13-4-5-14(17(7-13)29-3)18-8-24-12(2)30-18/h4-9,26H,10H2,1-3H3. The van der Waals surface area contributed by atoms with Crippen LogP contribution >= 0.6 is 0 Å². The molecular formula is C20H18F3N5O2. The molecule has 0 saturated carbocycles. The number of hydrogen-bond acceptors (Lipinski definition) is 6. The Morgan fingerprint density at radius 3 is 2.67 bits per heavy atom. The maximum absolute atomic E-state index is 12.7. The number of halogens is 3. The van der Waals surface area contributed by atoms with Crippen molar-refractivity contribution in [1.82, 2.24) is 19.7 Å². The molecule has 0 atom stereocenters. The predicted octanol–water partition coefficient (Wildman–Crippen LogP) is 5.02. The van der Waals surface area contributed by atoms with Crippen molar-refractivity contribution >= 4 is 22.4 Å². The van der Waals surface area contributed by atoms with Gasteiger partial charge in [-0.1, -0.05) is 0 Å². The van der Waals surface area contributed by atoms with E-state index in [0.29, 0.717) is 45.5 Å². The summed E-state index contributed by atoms with van der Waals surface area (Å²) in [7, 11) is 1.54. The zero-order chi connectivity index (χ0) is 21.5. The summed E-state index contributed by atoms with van der Waals surface area (Å²) in [5.41, 5.74) is 3.32. The number of nitrogens with one attached hydrogen (secondary N) is 1. The summed E-state index contributed by atoms with van der Waals surface area (Å²) in [6.45, 7) is 2.34. The Morgan fingerprint density at radius 2 is 2.00 bits per heavy atom. The lowest BCUT2D eigenvalue weighted by Crippen LogP contribution is -2.17. The van der Waals surface area contributed by atoms with Gasteiger partial charge >= 0.3 is 6.18 Å². The van der Waals surface area contributed by atoms with Gasteiger partial charge in [0.1, 0.15) is 23.3 Å². The van der Waals surface area contributed by atoms with Crippen LogP contribution in [0.4, 0.5) is 24.5 Å². The van der Waals surface area contributed by atoms with Gasteiger partial charge in [-0.15, -0.1) is 0 Å². The zero-order valence-electron chi connectivity index (χ0n) is 16.4. The van der Waals surface area contributed by atoms with Crippen LogP contribution in [0.2, 0.25) is 0 Å². The molecule has 1 N–H and O–H groups in total. The van der Waals surface area contributed by atoms with Crippen molar-refractivity contribution in [3.8, 4) is 17.1 Å². The van der Waals surface area contributed by atoms with Crippen molar-refractivity contribution in [3.05, 3.63) is 48.2 Å². The van der Waals surface area contributed by atoms with E-state index in [1.807, 2.05) is 12.1 Å². The summed E-state index contributed by atoms with van der Waals surface area (Å²) < 4.78 is 50.1. The monoisotopic (exact) mass is 417 g/mol. The molecule has 3 heterocycles. The molecule has 1 aromatic carbocycles. The Kier molecular flexibility index (Phi) is 4.84. The molecule has 4 aromatic rings. The molecule has 0 bridgehead atoms. The summed E-state index contributed by atoms with van der Waals surface area (Å²) in [4.78, 5) is 8.38. The number of fused-ring (bicyclic) bond motifs is 1. The predicted molar refractivity (Wildman–Crippen MR) is 105 cm³/mol. The molecule has 0 aliphatic heterocycles. The molecule has 10 heteroatoms. The number of nitrogens with zero attached hydrogens (tertiary/aromatic N) is 4. The van der Waals surface area contributed by atoms with E-state index in [1.54, 1.807) is 39.3 Å². The van der Waals surface area contributed by atoms with E-state index < -0.39 is 12.7 Å². The molecule has 0 saturated heterocycles. The van der Waals surface area contributed by atoms with Crippen LogP contribution in [0, 0.1) is 13.8 Å². The Bertz CT molecular complexity index is 1210. The number of methoxy groups -OCH3 is 1. The Labute approximate surface area is 169 Å². The maximum Gasteiger partial charge on any atom is 0.408 e. The van der Waals surface area contributed by atoms with Gasteiger partial charge in [0, 0.05) is 24.4 Å². The second-order valence-electron chi connectivity index (χ2n) is 6.77. The van der Waals surface area contributed by atoms with Crippen LogP contribution in [0.3, 0.4) is 0 Å². The number of ether oxygens (including phenoxy) is 1. The average Bonchev–Trinajstić information content (AvgIpc) is 3.25. The van der Waals surface area contributed by atoms with Crippen molar-refractivity contribution in [2.45, 2.75) is 26.6 Å². The smallest absolute Gasteiger partial charge is 0.408 e. The molecule has 0 radical (unpaired) electrons. The van der Waals surface area contributed by atoms with Crippen molar-refractivity contribution < 1.29 is 22.3 Å². The highest BCUT2D eigenvalue weighted by Crippen LogP contribution is 2.35. The van der Waals surface area contributed by atoms with E-state index in [9.17, 15) is 13.2 Å². The van der Waals surface area contributed by atoms with Crippen LogP contribution in [0.15, 0.2) is 41.1 Å². The highest BCUT2D eigenvalue weighted by molar-refractivity contribution is 5.90. The Balaban J connectivity index is 1.70. The van der Waals surface area contributed by atoms with E-state index >= 15 is 0 Å². The Hall–Kier alpha value is -3.56. The lowest BCUT2D eigenvalue weighted by atomic mass is 10.1. The molecule has 0 unspecified atom stereocenters. The van der Waals surface area contributed by atoms with Crippen LogP contribution in [-0.4, -0.2) is 33.0 Å². The third kappa shape index (κ3) is 4.07. The van der Waals surface area contributed by atoms with E-state index in [0.717, 1.165) is 10.2 Å². The SMILES string of the molecule is COc1cc(Nc2cc(C)nc3cn(CC(F)(F)F)nc23)ccc1-c1cnc(C)o1. The van der Waals surface area contributed by atoms with E-state index in [4.69, 9.17) is 9.15 Å². The number of aryl methyl sites for hydroxylation is 2. The number of benzene rings is 1. The average molecular weight is 417 g/mol.